The quantitative estimate of drug-likeness (QED) is 0.849. The van der Waals surface area contributed by atoms with E-state index in [1.807, 2.05) is 0 Å². The molecule has 0 spiro atoms. The molecule has 76 valence electrons. The minimum atomic E-state index is -2.84. The molecule has 0 radical (unpaired) electrons. The van der Waals surface area contributed by atoms with Crippen molar-refractivity contribution >= 4 is 33.4 Å². The standard InChI is InChI=1S/C7H4BrClF2N2O/c8-2-1-3(9)13-5(7(12)14)4(2)6(10)11/h1,6H,(H2,12,14). The molecule has 0 aliphatic carbocycles. The number of carbonyl (C=O) groups is 1. The molecule has 0 saturated heterocycles. The van der Waals surface area contributed by atoms with Gasteiger partial charge in [-0.1, -0.05) is 27.5 Å². The van der Waals surface area contributed by atoms with Crippen LogP contribution in [-0.4, -0.2) is 10.9 Å². The van der Waals surface area contributed by atoms with E-state index in [-0.39, 0.29) is 9.63 Å². The third-order valence-electron chi connectivity index (χ3n) is 1.43. The van der Waals surface area contributed by atoms with Crippen LogP contribution in [0.1, 0.15) is 22.5 Å². The molecule has 0 bridgehead atoms. The third kappa shape index (κ3) is 2.19. The largest absolute Gasteiger partial charge is 0.364 e. The number of alkyl halides is 2. The summed E-state index contributed by atoms with van der Waals surface area (Å²) in [6.07, 6.45) is -2.84. The number of hydrogen-bond donors (Lipinski definition) is 1. The molecule has 14 heavy (non-hydrogen) atoms. The highest BCUT2D eigenvalue weighted by molar-refractivity contribution is 9.10. The molecule has 2 N–H and O–H groups in total. The van der Waals surface area contributed by atoms with E-state index in [0.717, 1.165) is 0 Å². The van der Waals surface area contributed by atoms with Crippen LogP contribution in [0.2, 0.25) is 5.15 Å². The van der Waals surface area contributed by atoms with Crippen molar-refractivity contribution in [2.24, 2.45) is 5.73 Å². The molecule has 1 heterocycles. The molecule has 3 nitrogen and oxygen atoms in total. The topological polar surface area (TPSA) is 56.0 Å². The maximum absolute atomic E-state index is 12.5. The number of amides is 1. The van der Waals surface area contributed by atoms with Crippen molar-refractivity contribution < 1.29 is 13.6 Å². The first kappa shape index (κ1) is 11.3. The van der Waals surface area contributed by atoms with Gasteiger partial charge in [-0.2, -0.15) is 0 Å². The summed E-state index contributed by atoms with van der Waals surface area (Å²) in [6, 6.07) is 1.18. The van der Waals surface area contributed by atoms with Gasteiger partial charge in [-0.3, -0.25) is 4.79 Å². The van der Waals surface area contributed by atoms with Crippen molar-refractivity contribution in [2.75, 3.05) is 0 Å². The van der Waals surface area contributed by atoms with E-state index >= 15 is 0 Å². The summed E-state index contributed by atoms with van der Waals surface area (Å²) < 4.78 is 24.9. The zero-order valence-electron chi connectivity index (χ0n) is 6.60. The highest BCUT2D eigenvalue weighted by atomic mass is 79.9. The summed E-state index contributed by atoms with van der Waals surface area (Å²) >= 11 is 8.33. The second kappa shape index (κ2) is 4.18. The van der Waals surface area contributed by atoms with E-state index in [1.54, 1.807) is 0 Å². The Kier molecular flexibility index (Phi) is 3.38. The first-order valence-corrected chi connectivity index (χ1v) is 4.54. The Balaban J connectivity index is 3.44. The molecule has 0 fully saturated rings. The third-order valence-corrected chi connectivity index (χ3v) is 2.28. The molecular formula is C7H4BrClF2N2O. The Morgan fingerprint density at radius 3 is 2.64 bits per heavy atom. The minimum Gasteiger partial charge on any atom is -0.364 e. The van der Waals surface area contributed by atoms with Gasteiger partial charge in [0.1, 0.15) is 10.8 Å². The fourth-order valence-electron chi connectivity index (χ4n) is 0.890. The summed E-state index contributed by atoms with van der Waals surface area (Å²) in [7, 11) is 0. The van der Waals surface area contributed by atoms with Crippen LogP contribution in [0.15, 0.2) is 10.5 Å². The van der Waals surface area contributed by atoms with Gasteiger partial charge in [-0.05, 0) is 6.07 Å². The SMILES string of the molecule is NC(=O)c1nc(Cl)cc(Br)c1C(F)F. The number of nitrogens with zero attached hydrogens (tertiary/aromatic N) is 1. The molecule has 1 aromatic rings. The van der Waals surface area contributed by atoms with Gasteiger partial charge in [-0.25, -0.2) is 13.8 Å². The summed E-state index contributed by atoms with van der Waals surface area (Å²) in [5.41, 5.74) is 3.82. The number of nitrogens with two attached hydrogens (primary N) is 1. The van der Waals surface area contributed by atoms with Gasteiger partial charge in [0.05, 0.1) is 5.56 Å². The van der Waals surface area contributed by atoms with Crippen LogP contribution in [-0.2, 0) is 0 Å². The van der Waals surface area contributed by atoms with Gasteiger partial charge in [0.15, 0.2) is 0 Å². The van der Waals surface area contributed by atoms with Crippen LogP contribution < -0.4 is 5.73 Å². The molecule has 7 heteroatoms. The molecule has 0 saturated carbocycles. The highest BCUT2D eigenvalue weighted by Crippen LogP contribution is 2.31. The Morgan fingerprint density at radius 2 is 2.21 bits per heavy atom. The second-order valence-corrected chi connectivity index (χ2v) is 3.60. The number of hydrogen-bond acceptors (Lipinski definition) is 2. The molecule has 0 atom stereocenters. The fourth-order valence-corrected chi connectivity index (χ4v) is 1.79. The van der Waals surface area contributed by atoms with E-state index in [4.69, 9.17) is 17.3 Å². The lowest BCUT2D eigenvalue weighted by Gasteiger charge is -2.07. The highest BCUT2D eigenvalue weighted by Gasteiger charge is 2.22. The molecule has 1 amide bonds. The number of aromatic nitrogens is 1. The van der Waals surface area contributed by atoms with Gasteiger partial charge < -0.3 is 5.73 Å². The average Bonchev–Trinajstić information content (AvgIpc) is 2.01. The van der Waals surface area contributed by atoms with E-state index in [1.165, 1.54) is 6.07 Å². The first-order chi connectivity index (χ1) is 6.43. The molecule has 0 aromatic carbocycles. The molecular weight excluding hydrogens is 281 g/mol. The summed E-state index contributed by atoms with van der Waals surface area (Å²) in [5, 5.41) is -0.0740. The van der Waals surface area contributed by atoms with Crippen LogP contribution in [0.4, 0.5) is 8.78 Å². The lowest BCUT2D eigenvalue weighted by Crippen LogP contribution is -2.16. The van der Waals surface area contributed by atoms with Gasteiger partial charge in [-0.15, -0.1) is 0 Å². The minimum absolute atomic E-state index is 0.0151. The van der Waals surface area contributed by atoms with E-state index < -0.39 is 23.6 Å². The number of primary amides is 1. The van der Waals surface area contributed by atoms with Crippen molar-refractivity contribution in [3.8, 4) is 0 Å². The number of pyridine rings is 1. The second-order valence-electron chi connectivity index (χ2n) is 2.35. The van der Waals surface area contributed by atoms with Crippen molar-refractivity contribution in [1.29, 1.82) is 0 Å². The fraction of sp³-hybridized carbons (Fsp3) is 0.143. The maximum Gasteiger partial charge on any atom is 0.267 e. The van der Waals surface area contributed by atoms with Gasteiger partial charge in [0.25, 0.3) is 12.3 Å². The van der Waals surface area contributed by atoms with Crippen molar-refractivity contribution in [2.45, 2.75) is 6.43 Å². The Labute approximate surface area is 91.4 Å². The molecule has 0 aliphatic heterocycles. The smallest absolute Gasteiger partial charge is 0.267 e. The predicted octanol–water partition coefficient (Wildman–Crippen LogP) is 2.53. The van der Waals surface area contributed by atoms with E-state index in [9.17, 15) is 13.6 Å². The zero-order valence-corrected chi connectivity index (χ0v) is 8.94. The first-order valence-electron chi connectivity index (χ1n) is 3.37. The Hall–Kier alpha value is -0.750. The summed E-state index contributed by atoms with van der Waals surface area (Å²) in [4.78, 5) is 14.2. The van der Waals surface area contributed by atoms with Crippen LogP contribution in [0.5, 0.6) is 0 Å². The Morgan fingerprint density at radius 1 is 1.64 bits per heavy atom. The predicted molar refractivity (Wildman–Crippen MR) is 50.4 cm³/mol. The van der Waals surface area contributed by atoms with Gasteiger partial charge in [0.2, 0.25) is 0 Å². The van der Waals surface area contributed by atoms with Crippen LogP contribution >= 0.6 is 27.5 Å². The Bertz CT molecular complexity index is 386. The lowest BCUT2D eigenvalue weighted by molar-refractivity contribution is 0.0979. The molecule has 0 unspecified atom stereocenters. The number of carbonyl (C=O) groups excluding carboxylic acids is 1. The van der Waals surface area contributed by atoms with Crippen molar-refractivity contribution in [3.63, 3.8) is 0 Å². The van der Waals surface area contributed by atoms with Gasteiger partial charge in [0, 0.05) is 4.47 Å². The van der Waals surface area contributed by atoms with Gasteiger partial charge >= 0.3 is 0 Å². The van der Waals surface area contributed by atoms with Crippen molar-refractivity contribution in [3.05, 3.63) is 26.9 Å². The van der Waals surface area contributed by atoms with E-state index in [2.05, 4.69) is 20.9 Å². The van der Waals surface area contributed by atoms with Crippen LogP contribution in [0.3, 0.4) is 0 Å². The number of halogens is 4. The molecule has 0 aliphatic rings. The number of rotatable bonds is 2. The average molecular weight is 285 g/mol. The summed E-state index contributed by atoms with van der Waals surface area (Å²) in [6.45, 7) is 0. The zero-order chi connectivity index (χ0) is 10.9. The maximum atomic E-state index is 12.5. The van der Waals surface area contributed by atoms with Crippen LogP contribution in [0, 0.1) is 0 Å². The molecule has 1 aromatic heterocycles. The van der Waals surface area contributed by atoms with Crippen molar-refractivity contribution in [1.82, 2.24) is 4.98 Å². The monoisotopic (exact) mass is 284 g/mol. The normalized spacial score (nSPS) is 10.6. The summed E-state index contributed by atoms with van der Waals surface area (Å²) in [5.74, 6) is -1.04. The molecule has 1 rings (SSSR count). The van der Waals surface area contributed by atoms with E-state index in [0.29, 0.717) is 0 Å². The lowest BCUT2D eigenvalue weighted by atomic mass is 10.2. The van der Waals surface area contributed by atoms with Crippen LogP contribution in [0.25, 0.3) is 0 Å².